The zero-order chi connectivity index (χ0) is 28.7. The van der Waals surface area contributed by atoms with Gasteiger partial charge >= 0.3 is 13.0 Å². The summed E-state index contributed by atoms with van der Waals surface area (Å²) in [5.41, 5.74) is 1.43. The topological polar surface area (TPSA) is 76.8 Å². The number of nitrogens with one attached hydrogen (secondary N) is 1. The van der Waals surface area contributed by atoms with Gasteiger partial charge in [0.15, 0.2) is 5.69 Å². The molecule has 12 heteroatoms. The molecule has 1 heterocycles. The molecule has 3 aromatic rings. The summed E-state index contributed by atoms with van der Waals surface area (Å²) in [6.07, 6.45) is -1.50. The maximum atomic E-state index is 13.5. The number of rotatable bonds is 11. The highest BCUT2D eigenvalue weighted by atomic mass is 19.4. The minimum atomic E-state index is -4.83. The first-order valence-electron chi connectivity index (χ1n) is 13.0. The Morgan fingerprint density at radius 2 is 1.73 bits per heavy atom. The van der Waals surface area contributed by atoms with Crippen molar-refractivity contribution >= 4 is 5.91 Å². The Balaban J connectivity index is 1.42. The molecular weight excluding hydrogens is 537 g/mol. The van der Waals surface area contributed by atoms with E-state index in [1.165, 1.54) is 24.3 Å². The lowest BCUT2D eigenvalue weighted by atomic mass is 9.89. The SMILES string of the molecule is CCc1cc(C(=O)N(Cc2cccc(OC(F)(F)F)c2)C2CCC(NCc3cccc(OC(F)F)c3)CC2)no1. The Morgan fingerprint density at radius 3 is 2.38 bits per heavy atom. The molecule has 0 saturated heterocycles. The summed E-state index contributed by atoms with van der Waals surface area (Å²) in [6, 6.07) is 13.6. The van der Waals surface area contributed by atoms with Crippen LogP contribution in [-0.4, -0.2) is 41.0 Å². The van der Waals surface area contributed by atoms with Crippen molar-refractivity contribution < 1.29 is 40.7 Å². The van der Waals surface area contributed by atoms with E-state index in [9.17, 15) is 26.7 Å². The standard InChI is InChI=1S/C28H30F5N3O4/c1-2-22-15-25(35-40-22)26(37)36(17-19-6-4-8-24(14-19)39-28(31,32)33)21-11-9-20(10-12-21)34-16-18-5-3-7-23(13-18)38-27(29)30/h3-8,13-15,20-21,27,34H,2,9-12,16-17H2,1H3. The monoisotopic (exact) mass is 567 g/mol. The summed E-state index contributed by atoms with van der Waals surface area (Å²) in [7, 11) is 0. The minimum absolute atomic E-state index is 0.0713. The van der Waals surface area contributed by atoms with E-state index in [-0.39, 0.29) is 41.7 Å². The zero-order valence-electron chi connectivity index (χ0n) is 21.8. The van der Waals surface area contributed by atoms with Crippen LogP contribution in [-0.2, 0) is 19.5 Å². The van der Waals surface area contributed by atoms with Gasteiger partial charge in [0.2, 0.25) is 0 Å². The Bertz CT molecular complexity index is 1260. The number of carbonyl (C=O) groups excluding carboxylic acids is 1. The molecule has 0 spiro atoms. The number of hydrogen-bond donors (Lipinski definition) is 1. The fourth-order valence-electron chi connectivity index (χ4n) is 4.82. The number of halogens is 5. The van der Waals surface area contributed by atoms with Crippen LogP contribution >= 0.6 is 0 Å². The normalized spacial score (nSPS) is 17.6. The molecule has 1 aromatic heterocycles. The van der Waals surface area contributed by atoms with Crippen LogP contribution in [0.5, 0.6) is 11.5 Å². The van der Waals surface area contributed by atoms with Gasteiger partial charge in [-0.15, -0.1) is 13.2 Å². The summed E-state index contributed by atoms with van der Waals surface area (Å²) >= 11 is 0. The number of nitrogens with zero attached hydrogens (tertiary/aromatic N) is 2. The van der Waals surface area contributed by atoms with Crippen molar-refractivity contribution in [3.8, 4) is 11.5 Å². The van der Waals surface area contributed by atoms with Gasteiger partial charge < -0.3 is 24.2 Å². The van der Waals surface area contributed by atoms with E-state index in [0.717, 1.165) is 18.4 Å². The van der Waals surface area contributed by atoms with Crippen molar-refractivity contribution in [2.45, 2.75) is 77.2 Å². The van der Waals surface area contributed by atoms with Gasteiger partial charge in [-0.25, -0.2) is 0 Å². The molecule has 0 atom stereocenters. The number of hydrogen-bond acceptors (Lipinski definition) is 6. The zero-order valence-corrected chi connectivity index (χ0v) is 21.8. The van der Waals surface area contributed by atoms with Crippen LogP contribution in [0, 0.1) is 0 Å². The van der Waals surface area contributed by atoms with Crippen molar-refractivity contribution in [2.75, 3.05) is 0 Å². The van der Waals surface area contributed by atoms with Crippen LogP contribution in [0.3, 0.4) is 0 Å². The highest BCUT2D eigenvalue weighted by Crippen LogP contribution is 2.29. The van der Waals surface area contributed by atoms with E-state index < -0.39 is 13.0 Å². The van der Waals surface area contributed by atoms with Gasteiger partial charge in [0, 0.05) is 37.7 Å². The van der Waals surface area contributed by atoms with Crippen molar-refractivity contribution in [3.63, 3.8) is 0 Å². The average Bonchev–Trinajstić information content (AvgIpc) is 3.39. The largest absolute Gasteiger partial charge is 0.573 e. The lowest BCUT2D eigenvalue weighted by Crippen LogP contribution is -2.45. The summed E-state index contributed by atoms with van der Waals surface area (Å²) in [5.74, 6) is -0.0726. The van der Waals surface area contributed by atoms with Gasteiger partial charge in [-0.3, -0.25) is 4.79 Å². The Kier molecular flexibility index (Phi) is 9.62. The number of aromatic nitrogens is 1. The van der Waals surface area contributed by atoms with Gasteiger partial charge in [0.1, 0.15) is 17.3 Å². The molecule has 0 radical (unpaired) electrons. The molecule has 1 fully saturated rings. The number of amides is 1. The predicted molar refractivity (Wildman–Crippen MR) is 135 cm³/mol. The van der Waals surface area contributed by atoms with Gasteiger partial charge in [-0.2, -0.15) is 8.78 Å². The summed E-state index contributed by atoms with van der Waals surface area (Å²) in [4.78, 5) is 15.1. The Labute approximate surface area is 228 Å². The molecule has 1 aliphatic rings. The summed E-state index contributed by atoms with van der Waals surface area (Å²) in [6.45, 7) is -0.491. The number of alkyl halides is 5. The van der Waals surface area contributed by atoms with Crippen molar-refractivity contribution in [1.29, 1.82) is 0 Å². The maximum absolute atomic E-state index is 13.5. The number of ether oxygens (including phenoxy) is 2. The molecule has 1 aliphatic carbocycles. The number of aryl methyl sites for hydroxylation is 1. The van der Waals surface area contributed by atoms with E-state index >= 15 is 0 Å². The molecule has 0 unspecified atom stereocenters. The van der Waals surface area contributed by atoms with Gasteiger partial charge in [-0.1, -0.05) is 36.3 Å². The first-order chi connectivity index (χ1) is 19.1. The van der Waals surface area contributed by atoms with Crippen LogP contribution < -0.4 is 14.8 Å². The molecule has 1 amide bonds. The second kappa shape index (κ2) is 13.1. The lowest BCUT2D eigenvalue weighted by Gasteiger charge is -2.37. The third kappa shape index (κ3) is 8.41. The van der Waals surface area contributed by atoms with Crippen LogP contribution in [0.4, 0.5) is 22.0 Å². The molecule has 2 aromatic carbocycles. The highest BCUT2D eigenvalue weighted by Gasteiger charge is 2.33. The minimum Gasteiger partial charge on any atom is -0.435 e. The van der Waals surface area contributed by atoms with Gasteiger partial charge in [0.25, 0.3) is 5.91 Å². The maximum Gasteiger partial charge on any atom is 0.573 e. The van der Waals surface area contributed by atoms with Crippen molar-refractivity contribution in [3.05, 3.63) is 77.2 Å². The van der Waals surface area contributed by atoms with Crippen molar-refractivity contribution in [1.82, 2.24) is 15.4 Å². The lowest BCUT2D eigenvalue weighted by molar-refractivity contribution is -0.274. The highest BCUT2D eigenvalue weighted by molar-refractivity contribution is 5.92. The van der Waals surface area contributed by atoms with E-state index in [1.807, 2.05) is 13.0 Å². The van der Waals surface area contributed by atoms with E-state index in [0.29, 0.717) is 37.1 Å². The second-order valence-electron chi connectivity index (χ2n) is 9.57. The first-order valence-corrected chi connectivity index (χ1v) is 13.0. The first kappa shape index (κ1) is 29.3. The molecule has 0 bridgehead atoms. The fourth-order valence-corrected chi connectivity index (χ4v) is 4.82. The van der Waals surface area contributed by atoms with Crippen LogP contribution in [0.1, 0.15) is 60.0 Å². The molecule has 40 heavy (non-hydrogen) atoms. The summed E-state index contributed by atoms with van der Waals surface area (Å²) < 4.78 is 77.0. The fraction of sp³-hybridized carbons (Fsp3) is 0.429. The molecule has 7 nitrogen and oxygen atoms in total. The Morgan fingerprint density at radius 1 is 1.05 bits per heavy atom. The number of benzene rings is 2. The molecule has 216 valence electrons. The van der Waals surface area contributed by atoms with E-state index in [1.54, 1.807) is 29.2 Å². The van der Waals surface area contributed by atoms with Gasteiger partial charge in [-0.05, 0) is 61.1 Å². The summed E-state index contributed by atoms with van der Waals surface area (Å²) in [5, 5.41) is 7.34. The molecular formula is C28H30F5N3O4. The third-order valence-corrected chi connectivity index (χ3v) is 6.73. The molecule has 4 rings (SSSR count). The predicted octanol–water partition coefficient (Wildman–Crippen LogP) is 6.48. The number of carbonyl (C=O) groups is 1. The molecule has 1 N–H and O–H groups in total. The van der Waals surface area contributed by atoms with E-state index in [2.05, 4.69) is 19.9 Å². The van der Waals surface area contributed by atoms with Crippen molar-refractivity contribution in [2.24, 2.45) is 0 Å². The average molecular weight is 568 g/mol. The molecule has 1 saturated carbocycles. The Hall–Kier alpha value is -3.67. The molecule has 0 aliphatic heterocycles. The van der Waals surface area contributed by atoms with E-state index in [4.69, 9.17) is 4.52 Å². The van der Waals surface area contributed by atoms with Crippen LogP contribution in [0.2, 0.25) is 0 Å². The van der Waals surface area contributed by atoms with Crippen LogP contribution in [0.15, 0.2) is 59.1 Å². The quantitative estimate of drug-likeness (QED) is 0.267. The van der Waals surface area contributed by atoms with Gasteiger partial charge in [0.05, 0.1) is 0 Å². The second-order valence-corrected chi connectivity index (χ2v) is 9.57. The van der Waals surface area contributed by atoms with Crippen LogP contribution in [0.25, 0.3) is 0 Å². The smallest absolute Gasteiger partial charge is 0.435 e. The third-order valence-electron chi connectivity index (χ3n) is 6.73.